The van der Waals surface area contributed by atoms with Crippen LogP contribution in [0.3, 0.4) is 0 Å². The van der Waals surface area contributed by atoms with Crippen molar-refractivity contribution in [2.75, 3.05) is 0 Å². The van der Waals surface area contributed by atoms with Gasteiger partial charge in [0.2, 0.25) is 0 Å². The number of benzene rings is 2. The van der Waals surface area contributed by atoms with Gasteiger partial charge in [0.25, 0.3) is 0 Å². The first-order chi connectivity index (χ1) is 10.2. The normalized spacial score (nSPS) is 12.5. The summed E-state index contributed by atoms with van der Waals surface area (Å²) in [6.07, 6.45) is 3.68. The fourth-order valence-corrected chi connectivity index (χ4v) is 2.50. The van der Waals surface area contributed by atoms with Crippen LogP contribution in [0.25, 0.3) is 10.8 Å². The first-order valence-electron chi connectivity index (χ1n) is 7.04. The van der Waals surface area contributed by atoms with Crippen molar-refractivity contribution >= 4 is 10.8 Å². The van der Waals surface area contributed by atoms with Gasteiger partial charge in [-0.25, -0.2) is 4.39 Å². The average molecular weight is 280 g/mol. The minimum atomic E-state index is -0.197. The Labute approximate surface area is 123 Å². The van der Waals surface area contributed by atoms with Gasteiger partial charge in [0, 0.05) is 30.4 Å². The summed E-state index contributed by atoms with van der Waals surface area (Å²) >= 11 is 0. The first-order valence-corrected chi connectivity index (χ1v) is 7.04. The summed E-state index contributed by atoms with van der Waals surface area (Å²) in [6, 6.07) is 15.0. The van der Waals surface area contributed by atoms with Crippen LogP contribution in [-0.2, 0) is 6.54 Å². The van der Waals surface area contributed by atoms with E-state index in [4.69, 9.17) is 0 Å². The van der Waals surface area contributed by atoms with Gasteiger partial charge < -0.3 is 5.32 Å². The highest BCUT2D eigenvalue weighted by Crippen LogP contribution is 2.19. The fraction of sp³-hybridized carbons (Fsp3) is 0.167. The minimum absolute atomic E-state index is 0.0952. The molecule has 0 saturated carbocycles. The summed E-state index contributed by atoms with van der Waals surface area (Å²) in [5.41, 5.74) is 2.18. The van der Waals surface area contributed by atoms with Crippen molar-refractivity contribution in [3.8, 4) is 0 Å². The van der Waals surface area contributed by atoms with Crippen LogP contribution in [0.15, 0.2) is 60.9 Å². The second-order valence-corrected chi connectivity index (χ2v) is 5.17. The van der Waals surface area contributed by atoms with Crippen LogP contribution < -0.4 is 5.32 Å². The maximum atomic E-state index is 13.3. The first kappa shape index (κ1) is 13.7. The van der Waals surface area contributed by atoms with Crippen molar-refractivity contribution in [3.63, 3.8) is 0 Å². The Morgan fingerprint density at radius 3 is 2.86 bits per heavy atom. The highest BCUT2D eigenvalue weighted by Gasteiger charge is 2.07. The molecule has 2 nitrogen and oxygen atoms in total. The number of pyridine rings is 1. The Balaban J connectivity index is 1.77. The lowest BCUT2D eigenvalue weighted by Crippen LogP contribution is -2.18. The topological polar surface area (TPSA) is 24.9 Å². The third-order valence-electron chi connectivity index (χ3n) is 3.72. The smallest absolute Gasteiger partial charge is 0.123 e. The zero-order valence-corrected chi connectivity index (χ0v) is 11.9. The van der Waals surface area contributed by atoms with E-state index >= 15 is 0 Å². The molecule has 1 N–H and O–H groups in total. The van der Waals surface area contributed by atoms with Crippen molar-refractivity contribution in [1.29, 1.82) is 0 Å². The Bertz CT molecular complexity index is 750. The molecule has 3 heteroatoms. The van der Waals surface area contributed by atoms with Gasteiger partial charge in [0.1, 0.15) is 5.82 Å². The zero-order valence-electron chi connectivity index (χ0n) is 11.9. The van der Waals surface area contributed by atoms with E-state index < -0.39 is 0 Å². The van der Waals surface area contributed by atoms with Crippen LogP contribution in [-0.4, -0.2) is 4.98 Å². The highest BCUT2D eigenvalue weighted by molar-refractivity contribution is 5.84. The molecule has 0 aliphatic rings. The standard InChI is InChI=1S/C18H17FN2/c1-13(14-4-3-7-17(19)10-14)21-12-16-6-2-5-15-11-20-9-8-18(15)16/h2-11,13,21H,12H2,1H3. The number of rotatable bonds is 4. The zero-order chi connectivity index (χ0) is 14.7. The largest absolute Gasteiger partial charge is 0.306 e. The van der Waals surface area contributed by atoms with Gasteiger partial charge in [-0.3, -0.25) is 4.98 Å². The van der Waals surface area contributed by atoms with Crippen LogP contribution in [0.4, 0.5) is 4.39 Å². The van der Waals surface area contributed by atoms with Crippen molar-refractivity contribution in [1.82, 2.24) is 10.3 Å². The van der Waals surface area contributed by atoms with E-state index in [0.29, 0.717) is 0 Å². The molecule has 2 aromatic carbocycles. The number of hydrogen-bond acceptors (Lipinski definition) is 2. The molecule has 21 heavy (non-hydrogen) atoms. The lowest BCUT2D eigenvalue weighted by molar-refractivity contribution is 0.566. The van der Waals surface area contributed by atoms with E-state index in [9.17, 15) is 4.39 Å². The van der Waals surface area contributed by atoms with E-state index in [-0.39, 0.29) is 11.9 Å². The fourth-order valence-electron chi connectivity index (χ4n) is 2.50. The van der Waals surface area contributed by atoms with E-state index in [2.05, 4.69) is 22.4 Å². The summed E-state index contributed by atoms with van der Waals surface area (Å²) in [4.78, 5) is 4.14. The molecule has 0 saturated heterocycles. The summed E-state index contributed by atoms with van der Waals surface area (Å²) in [6.45, 7) is 2.78. The average Bonchev–Trinajstić information content (AvgIpc) is 2.52. The second kappa shape index (κ2) is 6.02. The number of halogens is 1. The van der Waals surface area contributed by atoms with Crippen LogP contribution in [0.1, 0.15) is 24.1 Å². The molecule has 1 atom stereocenters. The quantitative estimate of drug-likeness (QED) is 0.773. The third kappa shape index (κ3) is 3.09. The Morgan fingerprint density at radius 1 is 1.14 bits per heavy atom. The lowest BCUT2D eigenvalue weighted by Gasteiger charge is -2.15. The van der Waals surface area contributed by atoms with Gasteiger partial charge in [-0.05, 0) is 41.6 Å². The SMILES string of the molecule is CC(NCc1cccc2cnccc12)c1cccc(F)c1. The third-order valence-corrected chi connectivity index (χ3v) is 3.72. The lowest BCUT2D eigenvalue weighted by atomic mass is 10.0. The van der Waals surface area contributed by atoms with E-state index in [1.807, 2.05) is 37.5 Å². The van der Waals surface area contributed by atoms with E-state index in [1.165, 1.54) is 17.0 Å². The molecule has 0 amide bonds. The van der Waals surface area contributed by atoms with Gasteiger partial charge in [-0.2, -0.15) is 0 Å². The molecule has 0 spiro atoms. The van der Waals surface area contributed by atoms with Crippen molar-refractivity contribution in [2.45, 2.75) is 19.5 Å². The summed E-state index contributed by atoms with van der Waals surface area (Å²) in [5, 5.41) is 5.78. The molecule has 3 aromatic rings. The van der Waals surface area contributed by atoms with Gasteiger partial charge in [0.15, 0.2) is 0 Å². The van der Waals surface area contributed by atoms with Gasteiger partial charge in [-0.1, -0.05) is 30.3 Å². The van der Waals surface area contributed by atoms with E-state index in [1.54, 1.807) is 12.1 Å². The molecule has 0 aliphatic carbocycles. The minimum Gasteiger partial charge on any atom is -0.306 e. The summed E-state index contributed by atoms with van der Waals surface area (Å²) in [7, 11) is 0. The molecule has 106 valence electrons. The van der Waals surface area contributed by atoms with Crippen LogP contribution in [0.2, 0.25) is 0 Å². The van der Waals surface area contributed by atoms with Crippen LogP contribution >= 0.6 is 0 Å². The number of nitrogens with zero attached hydrogens (tertiary/aromatic N) is 1. The molecule has 0 bridgehead atoms. The molecule has 0 radical (unpaired) electrons. The maximum Gasteiger partial charge on any atom is 0.123 e. The molecule has 0 aliphatic heterocycles. The molecule has 1 aromatic heterocycles. The predicted molar refractivity (Wildman–Crippen MR) is 83.4 cm³/mol. The number of nitrogens with one attached hydrogen (secondary N) is 1. The van der Waals surface area contributed by atoms with E-state index in [0.717, 1.165) is 17.5 Å². The van der Waals surface area contributed by atoms with Gasteiger partial charge in [-0.15, -0.1) is 0 Å². The summed E-state index contributed by atoms with van der Waals surface area (Å²) < 4.78 is 13.3. The molecule has 3 rings (SSSR count). The molecule has 1 unspecified atom stereocenters. The molecule has 1 heterocycles. The summed E-state index contributed by atoms with van der Waals surface area (Å²) in [5.74, 6) is -0.197. The molecular weight excluding hydrogens is 263 g/mol. The van der Waals surface area contributed by atoms with Crippen LogP contribution in [0.5, 0.6) is 0 Å². The Hall–Kier alpha value is -2.26. The number of hydrogen-bond donors (Lipinski definition) is 1. The monoisotopic (exact) mass is 280 g/mol. The van der Waals surface area contributed by atoms with Gasteiger partial charge in [0.05, 0.1) is 0 Å². The number of fused-ring (bicyclic) bond motifs is 1. The van der Waals surface area contributed by atoms with Crippen LogP contribution in [0, 0.1) is 5.82 Å². The maximum absolute atomic E-state index is 13.3. The molecular formula is C18H17FN2. The Kier molecular flexibility index (Phi) is 3.93. The Morgan fingerprint density at radius 2 is 2.00 bits per heavy atom. The molecule has 0 fully saturated rings. The van der Waals surface area contributed by atoms with Crippen molar-refractivity contribution in [2.24, 2.45) is 0 Å². The van der Waals surface area contributed by atoms with Crippen molar-refractivity contribution < 1.29 is 4.39 Å². The van der Waals surface area contributed by atoms with Crippen molar-refractivity contribution in [3.05, 3.63) is 77.9 Å². The second-order valence-electron chi connectivity index (χ2n) is 5.17. The number of aromatic nitrogens is 1. The highest BCUT2D eigenvalue weighted by atomic mass is 19.1. The van der Waals surface area contributed by atoms with Gasteiger partial charge >= 0.3 is 0 Å². The predicted octanol–water partition coefficient (Wildman–Crippen LogP) is 4.22.